The first kappa shape index (κ1) is 19.9. The second-order valence-corrected chi connectivity index (χ2v) is 9.04. The van der Waals surface area contributed by atoms with E-state index in [-0.39, 0.29) is 11.2 Å². The van der Waals surface area contributed by atoms with Crippen LogP contribution in [-0.4, -0.2) is 47.3 Å². The molecule has 8 heteroatoms. The fourth-order valence-corrected chi connectivity index (χ4v) is 5.14. The topological polar surface area (TPSA) is 67.4 Å². The second kappa shape index (κ2) is 9.39. The summed E-state index contributed by atoms with van der Waals surface area (Å²) in [6.45, 7) is 4.47. The fraction of sp³-hybridized carbons (Fsp3) is 0.286. The number of thioether (sulfide) groups is 1. The van der Waals surface area contributed by atoms with Gasteiger partial charge in [-0.05, 0) is 30.2 Å². The Morgan fingerprint density at radius 3 is 2.69 bits per heavy atom. The summed E-state index contributed by atoms with van der Waals surface area (Å²) in [5.74, 6) is 0.0906. The first-order valence-electron chi connectivity index (χ1n) is 9.44. The number of carbonyl (C=O) groups excluding carboxylic acids is 1. The number of anilines is 2. The van der Waals surface area contributed by atoms with Gasteiger partial charge in [-0.2, -0.15) is 0 Å². The van der Waals surface area contributed by atoms with E-state index in [9.17, 15) is 4.79 Å². The summed E-state index contributed by atoms with van der Waals surface area (Å²) in [6, 6.07) is 18.0. The maximum absolute atomic E-state index is 13.2. The molecule has 2 aromatic carbocycles. The van der Waals surface area contributed by atoms with E-state index in [2.05, 4.69) is 21.6 Å². The van der Waals surface area contributed by atoms with Gasteiger partial charge in [-0.25, -0.2) is 0 Å². The van der Waals surface area contributed by atoms with Crippen LogP contribution in [0.25, 0.3) is 0 Å². The van der Waals surface area contributed by atoms with Gasteiger partial charge in [0.2, 0.25) is 11.0 Å². The van der Waals surface area contributed by atoms with Crippen molar-refractivity contribution in [2.45, 2.75) is 16.5 Å². The Hall–Kier alpha value is -2.42. The van der Waals surface area contributed by atoms with Gasteiger partial charge < -0.3 is 15.0 Å². The standard InChI is InChI=1S/C21H22N4O2S2/c1-15-6-5-9-17(14-15)22-20-23-24-21(29-20)28-18(16-7-3-2-4-8-16)19(26)25-10-12-27-13-11-25/h2-9,14,18H,10-13H2,1H3,(H,22,23)/t18-/m0/s1. The molecular weight excluding hydrogens is 404 g/mol. The van der Waals surface area contributed by atoms with Gasteiger partial charge >= 0.3 is 0 Å². The van der Waals surface area contributed by atoms with Crippen molar-refractivity contribution in [1.29, 1.82) is 0 Å². The molecule has 1 fully saturated rings. The number of rotatable bonds is 6. The van der Waals surface area contributed by atoms with Crippen LogP contribution >= 0.6 is 23.1 Å². The molecule has 1 atom stereocenters. The number of nitrogens with one attached hydrogen (secondary N) is 1. The lowest BCUT2D eigenvalue weighted by Crippen LogP contribution is -2.42. The van der Waals surface area contributed by atoms with E-state index in [1.165, 1.54) is 28.7 Å². The predicted molar refractivity (Wildman–Crippen MR) is 117 cm³/mol. The lowest BCUT2D eigenvalue weighted by Gasteiger charge is -2.30. The molecule has 1 amide bonds. The van der Waals surface area contributed by atoms with Gasteiger partial charge in [-0.15, -0.1) is 10.2 Å². The summed E-state index contributed by atoms with van der Waals surface area (Å²) in [4.78, 5) is 15.1. The third-order valence-electron chi connectivity index (χ3n) is 4.54. The van der Waals surface area contributed by atoms with E-state index in [0.717, 1.165) is 15.6 Å². The molecule has 4 rings (SSSR count). The minimum atomic E-state index is -0.353. The third kappa shape index (κ3) is 5.14. The molecule has 0 aliphatic carbocycles. The van der Waals surface area contributed by atoms with E-state index in [0.29, 0.717) is 31.4 Å². The highest BCUT2D eigenvalue weighted by Crippen LogP contribution is 2.39. The van der Waals surface area contributed by atoms with Crippen LogP contribution in [0.3, 0.4) is 0 Å². The van der Waals surface area contributed by atoms with Gasteiger partial charge in [0.1, 0.15) is 5.25 Å². The predicted octanol–water partition coefficient (Wildman–Crippen LogP) is 4.28. The molecule has 150 valence electrons. The number of ether oxygens (including phenoxy) is 1. The molecule has 29 heavy (non-hydrogen) atoms. The van der Waals surface area contributed by atoms with Crippen LogP contribution < -0.4 is 5.32 Å². The van der Waals surface area contributed by atoms with E-state index in [1.54, 1.807) is 0 Å². The molecule has 1 aromatic heterocycles. The molecule has 1 aliphatic rings. The first-order valence-corrected chi connectivity index (χ1v) is 11.1. The van der Waals surface area contributed by atoms with Crippen molar-refractivity contribution in [3.05, 3.63) is 65.7 Å². The van der Waals surface area contributed by atoms with E-state index >= 15 is 0 Å². The molecule has 0 saturated carbocycles. The molecule has 0 spiro atoms. The highest BCUT2D eigenvalue weighted by Gasteiger charge is 2.29. The molecule has 1 aliphatic heterocycles. The quantitative estimate of drug-likeness (QED) is 0.594. The first-order chi connectivity index (χ1) is 14.2. The van der Waals surface area contributed by atoms with E-state index < -0.39 is 0 Å². The highest BCUT2D eigenvalue weighted by atomic mass is 32.2. The van der Waals surface area contributed by atoms with Crippen molar-refractivity contribution in [1.82, 2.24) is 15.1 Å². The van der Waals surface area contributed by atoms with Crippen LogP contribution in [0.4, 0.5) is 10.8 Å². The summed E-state index contributed by atoms with van der Waals surface area (Å²) < 4.78 is 6.15. The van der Waals surface area contributed by atoms with Gasteiger partial charge in [-0.3, -0.25) is 4.79 Å². The molecule has 1 saturated heterocycles. The van der Waals surface area contributed by atoms with Gasteiger partial charge in [0.25, 0.3) is 0 Å². The normalized spacial score (nSPS) is 15.1. The van der Waals surface area contributed by atoms with Crippen molar-refractivity contribution in [2.75, 3.05) is 31.6 Å². The summed E-state index contributed by atoms with van der Waals surface area (Å²) in [6.07, 6.45) is 0. The Morgan fingerprint density at radius 1 is 1.14 bits per heavy atom. The minimum Gasteiger partial charge on any atom is -0.378 e. The summed E-state index contributed by atoms with van der Waals surface area (Å²) >= 11 is 2.91. The summed E-state index contributed by atoms with van der Waals surface area (Å²) in [5, 5.41) is 12.2. The minimum absolute atomic E-state index is 0.0906. The number of amides is 1. The van der Waals surface area contributed by atoms with Crippen LogP contribution in [-0.2, 0) is 9.53 Å². The maximum atomic E-state index is 13.2. The van der Waals surface area contributed by atoms with Gasteiger partial charge in [0.15, 0.2) is 4.34 Å². The molecule has 1 N–H and O–H groups in total. The maximum Gasteiger partial charge on any atom is 0.240 e. The van der Waals surface area contributed by atoms with E-state index in [1.807, 2.05) is 60.4 Å². The van der Waals surface area contributed by atoms with Gasteiger partial charge in [0, 0.05) is 18.8 Å². The lowest BCUT2D eigenvalue weighted by molar-refractivity contribution is -0.134. The van der Waals surface area contributed by atoms with E-state index in [4.69, 9.17) is 4.74 Å². The zero-order chi connectivity index (χ0) is 20.1. The summed E-state index contributed by atoms with van der Waals surface area (Å²) in [7, 11) is 0. The Labute approximate surface area is 178 Å². The van der Waals surface area contributed by atoms with Gasteiger partial charge in [0.05, 0.1) is 13.2 Å². The van der Waals surface area contributed by atoms with Gasteiger partial charge in [-0.1, -0.05) is 65.6 Å². The number of nitrogens with zero attached hydrogens (tertiary/aromatic N) is 3. The molecular formula is C21H22N4O2S2. The highest BCUT2D eigenvalue weighted by molar-refractivity contribution is 8.01. The third-order valence-corrected chi connectivity index (χ3v) is 6.71. The Morgan fingerprint density at radius 2 is 1.93 bits per heavy atom. The number of morpholine rings is 1. The van der Waals surface area contributed by atoms with Crippen molar-refractivity contribution in [3.63, 3.8) is 0 Å². The smallest absolute Gasteiger partial charge is 0.240 e. The van der Waals surface area contributed by atoms with Crippen molar-refractivity contribution in [2.24, 2.45) is 0 Å². The lowest BCUT2D eigenvalue weighted by atomic mass is 10.1. The molecule has 2 heterocycles. The number of aromatic nitrogens is 2. The number of carbonyl (C=O) groups is 1. The molecule has 0 unspecified atom stereocenters. The van der Waals surface area contributed by atoms with Crippen molar-refractivity contribution < 1.29 is 9.53 Å². The molecule has 0 radical (unpaired) electrons. The number of benzene rings is 2. The second-order valence-electron chi connectivity index (χ2n) is 6.71. The van der Waals surface area contributed by atoms with Crippen LogP contribution in [0.15, 0.2) is 58.9 Å². The molecule has 0 bridgehead atoms. The average Bonchev–Trinajstić information content (AvgIpc) is 3.20. The Kier molecular flexibility index (Phi) is 6.43. The fourth-order valence-electron chi connectivity index (χ4n) is 3.09. The average molecular weight is 427 g/mol. The number of aryl methyl sites for hydroxylation is 1. The van der Waals surface area contributed by atoms with Crippen LogP contribution in [0, 0.1) is 6.92 Å². The van der Waals surface area contributed by atoms with Crippen LogP contribution in [0.5, 0.6) is 0 Å². The van der Waals surface area contributed by atoms with Crippen molar-refractivity contribution >= 4 is 39.8 Å². The zero-order valence-corrected chi connectivity index (χ0v) is 17.7. The Bertz CT molecular complexity index is 958. The Balaban J connectivity index is 1.52. The number of hydrogen-bond donors (Lipinski definition) is 1. The summed E-state index contributed by atoms with van der Waals surface area (Å²) in [5.41, 5.74) is 3.12. The monoisotopic (exact) mass is 426 g/mol. The van der Waals surface area contributed by atoms with Crippen LogP contribution in [0.2, 0.25) is 0 Å². The number of hydrogen-bond acceptors (Lipinski definition) is 7. The molecule has 3 aromatic rings. The zero-order valence-electron chi connectivity index (χ0n) is 16.1. The largest absolute Gasteiger partial charge is 0.378 e. The SMILES string of the molecule is Cc1cccc(Nc2nnc(S[C@H](C(=O)N3CCOCC3)c3ccccc3)s2)c1. The van der Waals surface area contributed by atoms with Crippen molar-refractivity contribution in [3.8, 4) is 0 Å². The molecule has 6 nitrogen and oxygen atoms in total. The van der Waals surface area contributed by atoms with Crippen LogP contribution in [0.1, 0.15) is 16.4 Å².